The van der Waals surface area contributed by atoms with Crippen LogP contribution in [0.4, 0.5) is 23.2 Å². The molecule has 1 aliphatic heterocycles. The van der Waals surface area contributed by atoms with E-state index >= 15 is 0 Å². The van der Waals surface area contributed by atoms with Crippen LogP contribution >= 0.6 is 11.6 Å². The minimum atomic E-state index is -4.84. The van der Waals surface area contributed by atoms with Gasteiger partial charge in [0.2, 0.25) is 6.08 Å². The van der Waals surface area contributed by atoms with Crippen LogP contribution in [0.2, 0.25) is 5.02 Å². The molecular weight excluding hydrogens is 282 g/mol. The molecule has 0 spiro atoms. The molecule has 0 amide bonds. The zero-order valence-corrected chi connectivity index (χ0v) is 8.97. The molecule has 0 aliphatic carbocycles. The number of benzene rings is 1. The van der Waals surface area contributed by atoms with Gasteiger partial charge in [-0.05, 0) is 0 Å². The first kappa shape index (κ1) is 12.7. The number of nitrogens with zero attached hydrogens (tertiary/aromatic N) is 1. The van der Waals surface area contributed by atoms with Crippen molar-refractivity contribution in [1.29, 1.82) is 0 Å². The number of alkyl halides is 4. The number of hydrogen-bond donors (Lipinski definition) is 0. The zero-order valence-electron chi connectivity index (χ0n) is 8.22. The highest BCUT2D eigenvalue weighted by Crippen LogP contribution is 2.49. The van der Waals surface area contributed by atoms with E-state index in [4.69, 9.17) is 11.6 Å². The molecule has 0 unspecified atom stereocenters. The summed E-state index contributed by atoms with van der Waals surface area (Å²) in [7, 11) is 0. The molecule has 2 rings (SSSR count). The van der Waals surface area contributed by atoms with Crippen LogP contribution in [0.1, 0.15) is 0 Å². The minimum absolute atomic E-state index is 0.248. The van der Waals surface area contributed by atoms with Crippen molar-refractivity contribution in [3.05, 3.63) is 17.2 Å². The average molecular weight is 284 g/mol. The topological polar surface area (TPSA) is 47.9 Å². The molecular formula is C9H2ClF4NO3. The molecule has 0 radical (unpaired) electrons. The molecule has 1 heterocycles. The van der Waals surface area contributed by atoms with Crippen molar-refractivity contribution in [2.75, 3.05) is 0 Å². The first-order valence-corrected chi connectivity index (χ1v) is 4.70. The summed E-state index contributed by atoms with van der Waals surface area (Å²) < 4.78 is 58.9. The molecule has 0 fully saturated rings. The molecule has 96 valence electrons. The van der Waals surface area contributed by atoms with Crippen LogP contribution in [0.25, 0.3) is 0 Å². The largest absolute Gasteiger partial charge is 0.507 e. The van der Waals surface area contributed by atoms with Gasteiger partial charge in [0, 0.05) is 12.1 Å². The lowest BCUT2D eigenvalue weighted by Crippen LogP contribution is -2.52. The summed E-state index contributed by atoms with van der Waals surface area (Å²) in [5, 5.41) is -0.248. The van der Waals surface area contributed by atoms with Crippen molar-refractivity contribution in [2.24, 2.45) is 4.99 Å². The van der Waals surface area contributed by atoms with Gasteiger partial charge in [-0.25, -0.2) is 4.79 Å². The number of ether oxygens (including phenoxy) is 2. The van der Waals surface area contributed by atoms with Crippen molar-refractivity contribution in [2.45, 2.75) is 12.2 Å². The van der Waals surface area contributed by atoms with Crippen LogP contribution in [0.5, 0.6) is 11.5 Å². The lowest BCUT2D eigenvalue weighted by molar-refractivity contribution is -0.391. The van der Waals surface area contributed by atoms with Crippen molar-refractivity contribution in [3.8, 4) is 11.5 Å². The number of hydrogen-bond acceptors (Lipinski definition) is 4. The van der Waals surface area contributed by atoms with Gasteiger partial charge in [0.1, 0.15) is 0 Å². The molecule has 0 bridgehead atoms. The van der Waals surface area contributed by atoms with Gasteiger partial charge >= 0.3 is 12.2 Å². The SMILES string of the molecule is O=C=Nc1cc2c(cc1Cl)OC(F)(F)C(F)(F)O2. The van der Waals surface area contributed by atoms with Gasteiger partial charge in [0.05, 0.1) is 10.7 Å². The monoisotopic (exact) mass is 283 g/mol. The van der Waals surface area contributed by atoms with Gasteiger partial charge in [0.15, 0.2) is 11.5 Å². The van der Waals surface area contributed by atoms with Crippen LogP contribution in [-0.4, -0.2) is 18.3 Å². The fourth-order valence-corrected chi connectivity index (χ4v) is 1.41. The molecule has 4 nitrogen and oxygen atoms in total. The van der Waals surface area contributed by atoms with E-state index in [1.807, 2.05) is 0 Å². The Morgan fingerprint density at radius 3 is 2.11 bits per heavy atom. The normalized spacial score (nSPS) is 18.9. The maximum absolute atomic E-state index is 12.8. The molecule has 0 N–H and O–H groups in total. The molecule has 1 aromatic rings. The van der Waals surface area contributed by atoms with E-state index in [0.717, 1.165) is 18.2 Å². The van der Waals surface area contributed by atoms with E-state index in [-0.39, 0.29) is 10.7 Å². The molecule has 1 aliphatic rings. The predicted molar refractivity (Wildman–Crippen MR) is 50.4 cm³/mol. The Hall–Kier alpha value is -1.79. The Kier molecular flexibility index (Phi) is 2.71. The number of aliphatic imine (C=N–C) groups is 1. The van der Waals surface area contributed by atoms with Crippen molar-refractivity contribution in [3.63, 3.8) is 0 Å². The third-order valence-electron chi connectivity index (χ3n) is 1.99. The lowest BCUT2D eigenvalue weighted by atomic mass is 10.2. The van der Waals surface area contributed by atoms with Crippen molar-refractivity contribution < 1.29 is 31.8 Å². The molecule has 0 saturated heterocycles. The first-order chi connectivity index (χ1) is 8.27. The van der Waals surface area contributed by atoms with Gasteiger partial charge in [-0.1, -0.05) is 11.6 Å². The number of fused-ring (bicyclic) bond motifs is 1. The zero-order chi connectivity index (χ0) is 13.6. The quantitative estimate of drug-likeness (QED) is 0.451. The summed E-state index contributed by atoms with van der Waals surface area (Å²) >= 11 is 5.56. The molecule has 9 heteroatoms. The molecule has 0 aromatic heterocycles. The summed E-state index contributed by atoms with van der Waals surface area (Å²) in [6.45, 7) is 0. The van der Waals surface area contributed by atoms with Crippen molar-refractivity contribution in [1.82, 2.24) is 0 Å². The Bertz CT molecular complexity index is 557. The second kappa shape index (κ2) is 3.86. The third kappa shape index (κ3) is 1.89. The number of carbonyl (C=O) groups excluding carboxylic acids is 1. The number of isocyanates is 1. The smallest absolute Gasteiger partial charge is 0.421 e. The maximum atomic E-state index is 12.8. The summed E-state index contributed by atoms with van der Waals surface area (Å²) in [5.41, 5.74) is -0.255. The Labute approximate surface area is 102 Å². The summed E-state index contributed by atoms with van der Waals surface area (Å²) in [6, 6.07) is 1.56. The lowest BCUT2D eigenvalue weighted by Gasteiger charge is -2.31. The van der Waals surface area contributed by atoms with E-state index < -0.39 is 23.7 Å². The molecule has 1 aromatic carbocycles. The van der Waals surface area contributed by atoms with Crippen molar-refractivity contribution >= 4 is 23.4 Å². The fraction of sp³-hybridized carbons (Fsp3) is 0.222. The highest BCUT2D eigenvalue weighted by molar-refractivity contribution is 6.33. The van der Waals surface area contributed by atoms with Crippen LogP contribution < -0.4 is 9.47 Å². The Morgan fingerprint density at radius 2 is 1.61 bits per heavy atom. The maximum Gasteiger partial charge on any atom is 0.507 e. The standard InChI is InChI=1S/C9H2ClF4NO3/c10-4-1-6-7(2-5(4)15-3-16)18-9(13,14)8(11,12)17-6/h1-2H. The number of rotatable bonds is 1. The van der Waals surface area contributed by atoms with Gasteiger partial charge < -0.3 is 9.47 Å². The van der Waals surface area contributed by atoms with Gasteiger partial charge in [-0.15, -0.1) is 0 Å². The molecule has 0 saturated carbocycles. The summed E-state index contributed by atoms with van der Waals surface area (Å²) in [5.74, 6) is -1.38. The predicted octanol–water partition coefficient (Wildman–Crippen LogP) is 3.26. The van der Waals surface area contributed by atoms with E-state index in [1.54, 1.807) is 0 Å². The third-order valence-corrected chi connectivity index (χ3v) is 2.30. The van der Waals surface area contributed by atoms with E-state index in [0.29, 0.717) is 0 Å². The Morgan fingerprint density at radius 1 is 1.11 bits per heavy atom. The highest BCUT2D eigenvalue weighted by atomic mass is 35.5. The van der Waals surface area contributed by atoms with E-state index in [1.165, 1.54) is 0 Å². The van der Waals surface area contributed by atoms with Gasteiger partial charge in [-0.3, -0.25) is 0 Å². The highest BCUT2D eigenvalue weighted by Gasteiger charge is 2.66. The molecule has 0 atom stereocenters. The van der Waals surface area contributed by atoms with E-state index in [9.17, 15) is 22.4 Å². The second-order valence-corrected chi connectivity index (χ2v) is 3.60. The number of halogens is 5. The van der Waals surface area contributed by atoms with Crippen LogP contribution in [0, 0.1) is 0 Å². The fourth-order valence-electron chi connectivity index (χ4n) is 1.21. The summed E-state index contributed by atoms with van der Waals surface area (Å²) in [6.07, 6.45) is -8.53. The first-order valence-electron chi connectivity index (χ1n) is 4.32. The molecule has 18 heavy (non-hydrogen) atoms. The van der Waals surface area contributed by atoms with Gasteiger partial charge in [0.25, 0.3) is 0 Å². The van der Waals surface area contributed by atoms with Crippen LogP contribution in [-0.2, 0) is 4.79 Å². The van der Waals surface area contributed by atoms with E-state index in [2.05, 4.69) is 14.5 Å². The average Bonchev–Trinajstić information content (AvgIpc) is 2.22. The second-order valence-electron chi connectivity index (χ2n) is 3.19. The van der Waals surface area contributed by atoms with Crippen LogP contribution in [0.3, 0.4) is 0 Å². The Balaban J connectivity index is 2.54. The summed E-state index contributed by atoms with van der Waals surface area (Å²) in [4.78, 5) is 13.1. The van der Waals surface area contributed by atoms with Gasteiger partial charge in [-0.2, -0.15) is 22.6 Å². The van der Waals surface area contributed by atoms with Crippen LogP contribution in [0.15, 0.2) is 17.1 Å². The minimum Gasteiger partial charge on any atom is -0.421 e.